The molecule has 2 atom stereocenters. The van der Waals surface area contributed by atoms with Gasteiger partial charge in [0.15, 0.2) is 0 Å². The first-order valence-corrected chi connectivity index (χ1v) is 35.8. The summed E-state index contributed by atoms with van der Waals surface area (Å²) in [4.78, 5) is 0. The first-order chi connectivity index (χ1) is 42.9. The fourth-order valence-corrected chi connectivity index (χ4v) is 13.7. The topological polar surface area (TPSA) is 0 Å². The summed E-state index contributed by atoms with van der Waals surface area (Å²) in [6, 6.07) is 72.5. The monoisotopic (exact) mass is 1430 g/mol. The van der Waals surface area contributed by atoms with E-state index in [9.17, 15) is 0 Å². The second kappa shape index (κ2) is 33.4. The van der Waals surface area contributed by atoms with Crippen molar-refractivity contribution in [3.63, 3.8) is 0 Å². The average Bonchev–Trinajstić information content (AvgIpc) is 1.62. The zero-order chi connectivity index (χ0) is 67.7. The molecule has 488 valence electrons. The summed E-state index contributed by atoms with van der Waals surface area (Å²) >= 11 is 2.92. The molecule has 0 nitrogen and oxygen atoms in total. The molecule has 0 N–H and O–H groups in total. The predicted octanol–water partition coefficient (Wildman–Crippen LogP) is 17.6. The quantitative estimate of drug-likeness (QED) is 0.154. The van der Waals surface area contributed by atoms with Crippen molar-refractivity contribution in [2.24, 2.45) is 22.7 Å². The van der Waals surface area contributed by atoms with Crippen LogP contribution in [0, 0.1) is 47.0 Å². The zero-order valence-corrected chi connectivity index (χ0v) is 67.2. The van der Waals surface area contributed by atoms with E-state index in [1.165, 1.54) is 166 Å². The van der Waals surface area contributed by atoms with E-state index in [0.29, 0.717) is 22.7 Å². The van der Waals surface area contributed by atoms with Gasteiger partial charge < -0.3 is 24.8 Å². The zero-order valence-electron chi connectivity index (χ0n) is 60.8. The summed E-state index contributed by atoms with van der Waals surface area (Å²) in [5.74, 6) is 1.04. The van der Waals surface area contributed by atoms with Gasteiger partial charge in [0.1, 0.15) is 0 Å². The number of hydrogen-bond donors (Lipinski definition) is 0. The second-order valence-electron chi connectivity index (χ2n) is 31.6. The fraction of sp³-hybridized carbons (Fsp3) is 0.356. The summed E-state index contributed by atoms with van der Waals surface area (Å²) < 4.78 is 2.83. The van der Waals surface area contributed by atoms with Crippen LogP contribution in [-0.4, -0.2) is 6.41 Å². The Morgan fingerprint density at radius 2 is 0.606 bits per heavy atom. The van der Waals surface area contributed by atoms with Crippen molar-refractivity contribution in [1.29, 1.82) is 0 Å². The number of benzene rings is 8. The van der Waals surface area contributed by atoms with Crippen LogP contribution >= 0.6 is 0 Å². The van der Waals surface area contributed by atoms with Crippen LogP contribution < -0.4 is 24.8 Å². The molecule has 0 saturated carbocycles. The molecule has 0 radical (unpaired) electrons. The Morgan fingerprint density at radius 3 is 0.819 bits per heavy atom. The fourth-order valence-electron chi connectivity index (χ4n) is 12.1. The third kappa shape index (κ3) is 21.9. The van der Waals surface area contributed by atoms with Crippen molar-refractivity contribution in [1.82, 2.24) is 0 Å². The minimum atomic E-state index is 0. The molecule has 8 aromatic carbocycles. The molecule has 94 heavy (non-hydrogen) atoms. The van der Waals surface area contributed by atoms with E-state index >= 15 is 0 Å². The Labute approximate surface area is 613 Å². The van der Waals surface area contributed by atoms with E-state index in [-0.39, 0.29) is 46.5 Å². The van der Waals surface area contributed by atoms with E-state index in [2.05, 4.69) is 371 Å². The van der Waals surface area contributed by atoms with E-state index in [4.69, 9.17) is 0 Å². The van der Waals surface area contributed by atoms with Gasteiger partial charge in [-0.25, -0.2) is 11.1 Å². The molecule has 8 aromatic rings. The van der Waals surface area contributed by atoms with Crippen molar-refractivity contribution in [2.75, 3.05) is 0 Å². The molecule has 4 heteroatoms. The van der Waals surface area contributed by atoms with Crippen molar-refractivity contribution < 1.29 is 73.3 Å². The Kier molecular flexibility index (Phi) is 28.2. The summed E-state index contributed by atoms with van der Waals surface area (Å²) in [5, 5.41) is 0. The third-order valence-corrected chi connectivity index (χ3v) is 20.2. The van der Waals surface area contributed by atoms with Gasteiger partial charge in [0, 0.05) is 0 Å². The molecule has 0 bridgehead atoms. The van der Waals surface area contributed by atoms with Crippen molar-refractivity contribution in [2.45, 2.75) is 187 Å². The van der Waals surface area contributed by atoms with E-state index < -0.39 is 0 Å². The molecule has 0 aliphatic heterocycles. The van der Waals surface area contributed by atoms with Crippen LogP contribution in [0.2, 0.25) is 0 Å². The molecule has 0 amide bonds. The number of allylic oxidation sites excluding steroid dienone is 8. The average molecular weight is 1440 g/mol. The molecule has 12 rings (SSSR count). The predicted molar refractivity (Wildman–Crippen MR) is 392 cm³/mol. The van der Waals surface area contributed by atoms with Gasteiger partial charge >= 0.3 is 198 Å². The van der Waals surface area contributed by atoms with E-state index in [0.717, 1.165) is 12.8 Å². The van der Waals surface area contributed by atoms with Gasteiger partial charge in [-0.15, -0.1) is 22.3 Å². The standard InChI is InChI=1S/2C21H25.2C13H10.2C11H17.2ClH.2Zr/c2*1-20(2,3)16-7-9-18-14(12-16)11-15-13-17(21(4,5)6)8-10-19(15)18;2*1-3-7-12(8-4-1)11-13-9-5-2-6-10-13;2*1-8-6-9(2)10(7-8)11(3,4)5;;;;/h2*7-10,12H,11H2,1-6H3;2*1-10H;2*7-8H,1-5H3;2*1H;;/q2*-1;;;2*-1;;;2*+2/p-2. The van der Waals surface area contributed by atoms with Gasteiger partial charge in [-0.3, -0.25) is 12.2 Å². The molecule has 0 spiro atoms. The molecule has 0 aromatic heterocycles. The summed E-state index contributed by atoms with van der Waals surface area (Å²) in [6.07, 6.45) is 13.5. The molecule has 0 heterocycles. The summed E-state index contributed by atoms with van der Waals surface area (Å²) in [5.41, 5.74) is 28.9. The molecule has 2 unspecified atom stereocenters. The van der Waals surface area contributed by atoms with Crippen molar-refractivity contribution in [3.8, 4) is 22.3 Å². The molecule has 0 saturated heterocycles. The number of halogens is 2. The Balaban J connectivity index is 0.000000207. The first-order valence-electron chi connectivity index (χ1n) is 33.3. The minimum absolute atomic E-state index is 0. The maximum absolute atomic E-state index is 3.67. The normalized spacial score (nSPS) is 15.0. The SMILES string of the molecule is CC(C)(C)c1[c-]c2c(cc1)-c1ccc(C(C)(C)C)cc1C2.CC(C)(C)c1[c-]c2c(cc1)-c1ccc(C(C)(C)C)cc1C2.CC1=[C-]C(C)C=C1C(C)(C)C.CC1=[C-]C(C)C=C1C(C)(C)C.[Cl-].[Cl-].[Zr+2]=[C](c1ccccc1)c1ccccc1.[Zr+2]=[C](c1ccccc1)c1ccccc1. The third-order valence-electron chi connectivity index (χ3n) is 17.3. The van der Waals surface area contributed by atoms with Crippen LogP contribution in [0.4, 0.5) is 0 Å². The van der Waals surface area contributed by atoms with Crippen LogP contribution in [0.1, 0.15) is 219 Å². The number of rotatable bonds is 4. The van der Waals surface area contributed by atoms with Crippen LogP contribution in [0.15, 0.2) is 216 Å². The summed E-state index contributed by atoms with van der Waals surface area (Å²) in [7, 11) is 0. The van der Waals surface area contributed by atoms with Crippen LogP contribution in [-0.2, 0) is 83.0 Å². The molecule has 4 aliphatic carbocycles. The first kappa shape index (κ1) is 79.5. The van der Waals surface area contributed by atoms with Crippen LogP contribution in [0.5, 0.6) is 0 Å². The van der Waals surface area contributed by atoms with Gasteiger partial charge in [0.25, 0.3) is 0 Å². The molecule has 4 aliphatic rings. The van der Waals surface area contributed by atoms with Gasteiger partial charge in [-0.2, -0.15) is 70.8 Å². The Hall–Kier alpha value is -5.19. The Morgan fingerprint density at radius 1 is 0.340 bits per heavy atom. The van der Waals surface area contributed by atoms with Gasteiger partial charge in [-0.1, -0.05) is 223 Å². The molecular formula is C90H104Cl2Zr2-2. The number of fused-ring (bicyclic) bond motifs is 6. The molecular weight excluding hydrogens is 1330 g/mol. The van der Waals surface area contributed by atoms with Gasteiger partial charge in [0.05, 0.1) is 0 Å². The van der Waals surface area contributed by atoms with Crippen LogP contribution in [0.3, 0.4) is 0 Å². The van der Waals surface area contributed by atoms with Gasteiger partial charge in [0.2, 0.25) is 0 Å². The van der Waals surface area contributed by atoms with Crippen molar-refractivity contribution in [3.05, 3.63) is 307 Å². The number of hydrogen-bond acceptors (Lipinski definition) is 0. The van der Waals surface area contributed by atoms with E-state index in [1.807, 2.05) is 0 Å². The second-order valence-corrected chi connectivity index (χ2v) is 34.1. The van der Waals surface area contributed by atoms with Gasteiger partial charge in [-0.05, 0) is 56.8 Å². The maximum atomic E-state index is 3.67. The molecule has 0 fully saturated rings. The van der Waals surface area contributed by atoms with E-state index in [1.54, 1.807) is 0 Å². The van der Waals surface area contributed by atoms with Crippen LogP contribution in [0.25, 0.3) is 22.3 Å². The summed E-state index contributed by atoms with van der Waals surface area (Å²) in [6.45, 7) is 49.4. The Bertz CT molecular complexity index is 3490. The van der Waals surface area contributed by atoms with Crippen molar-refractivity contribution >= 4 is 6.41 Å².